The molecule has 3 nitrogen and oxygen atoms in total. The van der Waals surface area contributed by atoms with E-state index in [-0.39, 0.29) is 5.78 Å². The Labute approximate surface area is 93.7 Å². The number of carbonyl (C=O) groups excluding carboxylic acids is 1. The summed E-state index contributed by atoms with van der Waals surface area (Å²) in [4.78, 5) is 16.0. The summed E-state index contributed by atoms with van der Waals surface area (Å²) < 4.78 is 5.15. The molecule has 0 aliphatic rings. The molecule has 0 bridgehead atoms. The van der Waals surface area contributed by atoms with Crippen LogP contribution >= 0.6 is 0 Å². The molecular formula is C13H11NO2. The second-order valence-corrected chi connectivity index (χ2v) is 3.27. The van der Waals surface area contributed by atoms with Crippen LogP contribution in [0.25, 0.3) is 0 Å². The van der Waals surface area contributed by atoms with Gasteiger partial charge in [0.2, 0.25) is 0 Å². The highest BCUT2D eigenvalue weighted by Gasteiger charge is 2.12. The fourth-order valence-corrected chi connectivity index (χ4v) is 1.49. The van der Waals surface area contributed by atoms with E-state index in [2.05, 4.69) is 4.98 Å². The van der Waals surface area contributed by atoms with E-state index in [0.29, 0.717) is 16.9 Å². The summed E-state index contributed by atoms with van der Waals surface area (Å²) in [5, 5.41) is 0. The van der Waals surface area contributed by atoms with Crippen LogP contribution in [0.4, 0.5) is 0 Å². The van der Waals surface area contributed by atoms with Crippen molar-refractivity contribution >= 4 is 5.78 Å². The molecule has 1 heterocycles. The molecule has 16 heavy (non-hydrogen) atoms. The Balaban J connectivity index is 2.42. The van der Waals surface area contributed by atoms with Gasteiger partial charge in [-0.15, -0.1) is 0 Å². The van der Waals surface area contributed by atoms with E-state index in [9.17, 15) is 4.79 Å². The van der Waals surface area contributed by atoms with Gasteiger partial charge in [0.1, 0.15) is 5.75 Å². The maximum atomic E-state index is 12.1. The van der Waals surface area contributed by atoms with Gasteiger partial charge in [0, 0.05) is 18.0 Å². The monoisotopic (exact) mass is 213 g/mol. The molecule has 1 aromatic heterocycles. The number of carbonyl (C=O) groups is 1. The Morgan fingerprint density at radius 3 is 2.50 bits per heavy atom. The Morgan fingerprint density at radius 2 is 1.81 bits per heavy atom. The van der Waals surface area contributed by atoms with E-state index < -0.39 is 0 Å². The Hall–Kier alpha value is -2.16. The lowest BCUT2D eigenvalue weighted by atomic mass is 10.0. The molecule has 0 amide bonds. The predicted octanol–water partition coefficient (Wildman–Crippen LogP) is 2.32. The van der Waals surface area contributed by atoms with E-state index in [1.165, 1.54) is 0 Å². The number of rotatable bonds is 3. The van der Waals surface area contributed by atoms with Crippen molar-refractivity contribution in [3.05, 3.63) is 59.9 Å². The molecule has 2 aromatic rings. The first-order valence-corrected chi connectivity index (χ1v) is 4.90. The standard InChI is InChI=1S/C13H11NO2/c1-16-12-5-3-2-4-11(12)13(15)10-6-8-14-9-7-10/h2-9H,1H3. The van der Waals surface area contributed by atoms with Crippen molar-refractivity contribution in [3.63, 3.8) is 0 Å². The minimum absolute atomic E-state index is 0.0557. The van der Waals surface area contributed by atoms with Crippen LogP contribution in [0.1, 0.15) is 15.9 Å². The van der Waals surface area contributed by atoms with E-state index >= 15 is 0 Å². The third kappa shape index (κ3) is 1.93. The molecule has 0 spiro atoms. The lowest BCUT2D eigenvalue weighted by Crippen LogP contribution is -2.03. The van der Waals surface area contributed by atoms with Gasteiger partial charge >= 0.3 is 0 Å². The number of benzene rings is 1. The number of methoxy groups -OCH3 is 1. The first kappa shape index (κ1) is 10.4. The van der Waals surface area contributed by atoms with Crippen LogP contribution in [0.2, 0.25) is 0 Å². The summed E-state index contributed by atoms with van der Waals surface area (Å²) in [5.74, 6) is 0.532. The van der Waals surface area contributed by atoms with E-state index in [0.717, 1.165) is 0 Å². The van der Waals surface area contributed by atoms with Crippen molar-refractivity contribution in [1.29, 1.82) is 0 Å². The number of pyridine rings is 1. The Bertz CT molecular complexity index is 494. The number of para-hydroxylation sites is 1. The normalized spacial score (nSPS) is 9.81. The van der Waals surface area contributed by atoms with Crippen LogP contribution in [-0.4, -0.2) is 17.9 Å². The predicted molar refractivity (Wildman–Crippen MR) is 60.7 cm³/mol. The quantitative estimate of drug-likeness (QED) is 0.734. The summed E-state index contributed by atoms with van der Waals surface area (Å²) in [6.07, 6.45) is 3.20. The first-order valence-electron chi connectivity index (χ1n) is 4.90. The summed E-state index contributed by atoms with van der Waals surface area (Å²) in [5.41, 5.74) is 1.18. The third-order valence-electron chi connectivity index (χ3n) is 2.29. The van der Waals surface area contributed by atoms with Gasteiger partial charge in [0.25, 0.3) is 0 Å². The van der Waals surface area contributed by atoms with Gasteiger partial charge in [-0.1, -0.05) is 12.1 Å². The van der Waals surface area contributed by atoms with Crippen LogP contribution in [0, 0.1) is 0 Å². The average molecular weight is 213 g/mol. The lowest BCUT2D eigenvalue weighted by Gasteiger charge is -2.06. The summed E-state index contributed by atoms with van der Waals surface area (Å²) in [7, 11) is 1.55. The van der Waals surface area contributed by atoms with Crippen LogP contribution < -0.4 is 4.74 Å². The van der Waals surface area contributed by atoms with Gasteiger partial charge in [-0.25, -0.2) is 0 Å². The lowest BCUT2D eigenvalue weighted by molar-refractivity contribution is 0.103. The molecule has 0 N–H and O–H groups in total. The molecule has 0 saturated carbocycles. The SMILES string of the molecule is COc1ccccc1C(=O)c1ccncc1. The Kier molecular flexibility index (Phi) is 2.96. The van der Waals surface area contributed by atoms with Crippen molar-refractivity contribution in [2.24, 2.45) is 0 Å². The molecule has 0 atom stereocenters. The van der Waals surface area contributed by atoms with Gasteiger partial charge in [-0.2, -0.15) is 0 Å². The summed E-state index contributed by atoms with van der Waals surface area (Å²) >= 11 is 0. The highest BCUT2D eigenvalue weighted by molar-refractivity contribution is 6.10. The fourth-order valence-electron chi connectivity index (χ4n) is 1.49. The smallest absolute Gasteiger partial charge is 0.196 e. The molecule has 0 radical (unpaired) electrons. The van der Waals surface area contributed by atoms with Crippen molar-refractivity contribution in [1.82, 2.24) is 4.98 Å². The number of ketones is 1. The van der Waals surface area contributed by atoms with Gasteiger partial charge in [-0.05, 0) is 24.3 Å². The Morgan fingerprint density at radius 1 is 1.12 bits per heavy atom. The molecular weight excluding hydrogens is 202 g/mol. The number of hydrogen-bond acceptors (Lipinski definition) is 3. The van der Waals surface area contributed by atoms with Gasteiger partial charge in [-0.3, -0.25) is 9.78 Å². The fraction of sp³-hybridized carbons (Fsp3) is 0.0769. The first-order chi connectivity index (χ1) is 7.83. The van der Waals surface area contributed by atoms with Crippen molar-refractivity contribution in [2.75, 3.05) is 7.11 Å². The molecule has 0 fully saturated rings. The van der Waals surface area contributed by atoms with Crippen molar-refractivity contribution in [3.8, 4) is 5.75 Å². The number of aromatic nitrogens is 1. The molecule has 3 heteroatoms. The number of nitrogens with zero attached hydrogens (tertiary/aromatic N) is 1. The molecule has 0 aliphatic carbocycles. The maximum Gasteiger partial charge on any atom is 0.196 e. The zero-order chi connectivity index (χ0) is 11.4. The number of hydrogen-bond donors (Lipinski definition) is 0. The van der Waals surface area contributed by atoms with Crippen molar-refractivity contribution < 1.29 is 9.53 Å². The summed E-state index contributed by atoms with van der Waals surface area (Å²) in [6.45, 7) is 0. The summed E-state index contributed by atoms with van der Waals surface area (Å²) in [6, 6.07) is 10.6. The maximum absolute atomic E-state index is 12.1. The topological polar surface area (TPSA) is 39.2 Å². The molecule has 1 aromatic carbocycles. The zero-order valence-electron chi connectivity index (χ0n) is 8.88. The van der Waals surface area contributed by atoms with Gasteiger partial charge in [0.05, 0.1) is 12.7 Å². The molecule has 2 rings (SSSR count). The number of ether oxygens (including phenoxy) is 1. The highest BCUT2D eigenvalue weighted by atomic mass is 16.5. The van der Waals surface area contributed by atoms with Crippen LogP contribution in [0.3, 0.4) is 0 Å². The molecule has 0 saturated heterocycles. The van der Waals surface area contributed by atoms with E-state index in [4.69, 9.17) is 4.74 Å². The minimum atomic E-state index is -0.0557. The second-order valence-electron chi connectivity index (χ2n) is 3.27. The molecule has 0 aliphatic heterocycles. The van der Waals surface area contributed by atoms with Gasteiger partial charge < -0.3 is 4.74 Å². The van der Waals surface area contributed by atoms with Crippen LogP contribution in [0.5, 0.6) is 5.75 Å². The zero-order valence-corrected chi connectivity index (χ0v) is 8.88. The minimum Gasteiger partial charge on any atom is -0.496 e. The molecule has 80 valence electrons. The largest absolute Gasteiger partial charge is 0.496 e. The van der Waals surface area contributed by atoms with Crippen LogP contribution in [0.15, 0.2) is 48.8 Å². The van der Waals surface area contributed by atoms with Crippen LogP contribution in [-0.2, 0) is 0 Å². The third-order valence-corrected chi connectivity index (χ3v) is 2.29. The van der Waals surface area contributed by atoms with E-state index in [1.807, 2.05) is 12.1 Å². The van der Waals surface area contributed by atoms with E-state index in [1.54, 1.807) is 43.8 Å². The highest BCUT2D eigenvalue weighted by Crippen LogP contribution is 2.20. The second kappa shape index (κ2) is 4.57. The molecule has 0 unspecified atom stereocenters. The van der Waals surface area contributed by atoms with Gasteiger partial charge in [0.15, 0.2) is 5.78 Å². The average Bonchev–Trinajstić information content (AvgIpc) is 2.39. The van der Waals surface area contributed by atoms with Crippen molar-refractivity contribution in [2.45, 2.75) is 0 Å².